The molecule has 0 fully saturated rings. The Morgan fingerprint density at radius 2 is 1.67 bits per heavy atom. The summed E-state index contributed by atoms with van der Waals surface area (Å²) in [5, 5.41) is 0. The van der Waals surface area contributed by atoms with Crippen LogP contribution < -0.4 is 4.74 Å². The number of benzene rings is 2. The summed E-state index contributed by atoms with van der Waals surface area (Å²) in [5.41, 5.74) is 2.33. The van der Waals surface area contributed by atoms with Crippen molar-refractivity contribution in [3.8, 4) is 5.75 Å². The van der Waals surface area contributed by atoms with Gasteiger partial charge in [0, 0.05) is 12.3 Å². The zero-order valence-electron chi connectivity index (χ0n) is 12.7. The minimum atomic E-state index is 0.0890. The fraction of sp³-hybridized carbons (Fsp3) is 0.316. The molecule has 0 aliphatic carbocycles. The van der Waals surface area contributed by atoms with Crippen LogP contribution in [0.5, 0.6) is 5.75 Å². The Hall–Kier alpha value is -2.09. The van der Waals surface area contributed by atoms with Gasteiger partial charge in [-0.05, 0) is 29.7 Å². The molecule has 110 valence electrons. The molecule has 2 aromatic rings. The van der Waals surface area contributed by atoms with Crippen LogP contribution in [-0.4, -0.2) is 5.78 Å². The van der Waals surface area contributed by atoms with E-state index in [1.807, 2.05) is 68.4 Å². The van der Waals surface area contributed by atoms with Crippen molar-refractivity contribution in [1.29, 1.82) is 0 Å². The Kier molecular flexibility index (Phi) is 5.56. The van der Waals surface area contributed by atoms with E-state index in [2.05, 4.69) is 0 Å². The van der Waals surface area contributed by atoms with E-state index < -0.39 is 0 Å². The van der Waals surface area contributed by atoms with Crippen molar-refractivity contribution in [2.24, 2.45) is 5.92 Å². The summed E-state index contributed by atoms with van der Waals surface area (Å²) in [6.07, 6.45) is 1.41. The number of rotatable bonds is 7. The molecule has 0 aromatic heterocycles. The Bertz CT molecular complexity index is 558. The van der Waals surface area contributed by atoms with Crippen molar-refractivity contribution in [3.05, 3.63) is 65.7 Å². The van der Waals surface area contributed by atoms with E-state index >= 15 is 0 Å². The van der Waals surface area contributed by atoms with E-state index in [1.54, 1.807) is 0 Å². The minimum absolute atomic E-state index is 0.0890. The molecule has 1 atom stereocenters. The first-order valence-corrected chi connectivity index (χ1v) is 7.47. The first kappa shape index (κ1) is 15.3. The van der Waals surface area contributed by atoms with Gasteiger partial charge in [-0.15, -0.1) is 0 Å². The standard InChI is InChI=1S/C19H22O2/c1-3-19(20)15(2)13-16-9-11-18(12-10-16)21-14-17-7-5-4-6-8-17/h4-12,15H,3,13-14H2,1-2H3. The quantitative estimate of drug-likeness (QED) is 0.751. The Morgan fingerprint density at radius 1 is 1.00 bits per heavy atom. The smallest absolute Gasteiger partial charge is 0.135 e. The average Bonchev–Trinajstić information content (AvgIpc) is 2.54. The summed E-state index contributed by atoms with van der Waals surface area (Å²) >= 11 is 0. The van der Waals surface area contributed by atoms with E-state index in [4.69, 9.17) is 4.74 Å². The zero-order valence-corrected chi connectivity index (χ0v) is 12.7. The van der Waals surface area contributed by atoms with Gasteiger partial charge in [0.1, 0.15) is 18.1 Å². The van der Waals surface area contributed by atoms with Crippen molar-refractivity contribution in [3.63, 3.8) is 0 Å². The molecule has 2 aromatic carbocycles. The molecule has 2 rings (SSSR count). The van der Waals surface area contributed by atoms with Gasteiger partial charge >= 0.3 is 0 Å². The van der Waals surface area contributed by atoms with E-state index in [-0.39, 0.29) is 5.92 Å². The summed E-state index contributed by atoms with van der Waals surface area (Å²) < 4.78 is 5.75. The third-order valence-corrected chi connectivity index (χ3v) is 3.61. The maximum Gasteiger partial charge on any atom is 0.135 e. The largest absolute Gasteiger partial charge is 0.489 e. The minimum Gasteiger partial charge on any atom is -0.489 e. The van der Waals surface area contributed by atoms with Gasteiger partial charge in [-0.3, -0.25) is 4.79 Å². The van der Waals surface area contributed by atoms with E-state index in [1.165, 1.54) is 5.56 Å². The summed E-state index contributed by atoms with van der Waals surface area (Å²) in [4.78, 5) is 11.6. The van der Waals surface area contributed by atoms with Gasteiger partial charge in [0.15, 0.2) is 0 Å². The molecule has 0 aliphatic heterocycles. The summed E-state index contributed by atoms with van der Waals surface area (Å²) in [7, 11) is 0. The van der Waals surface area contributed by atoms with Crippen molar-refractivity contribution >= 4 is 5.78 Å². The van der Waals surface area contributed by atoms with Crippen molar-refractivity contribution in [2.75, 3.05) is 0 Å². The van der Waals surface area contributed by atoms with Crippen LogP contribution in [0.15, 0.2) is 54.6 Å². The lowest BCUT2D eigenvalue weighted by molar-refractivity contribution is -0.122. The van der Waals surface area contributed by atoms with E-state index in [0.29, 0.717) is 18.8 Å². The van der Waals surface area contributed by atoms with E-state index in [9.17, 15) is 4.79 Å². The Morgan fingerprint density at radius 3 is 2.29 bits per heavy atom. The molecule has 2 nitrogen and oxygen atoms in total. The number of ketones is 1. The second kappa shape index (κ2) is 7.63. The topological polar surface area (TPSA) is 26.3 Å². The Balaban J connectivity index is 1.88. The molecular weight excluding hydrogens is 260 g/mol. The third kappa shape index (κ3) is 4.75. The van der Waals surface area contributed by atoms with Crippen LogP contribution in [0.3, 0.4) is 0 Å². The van der Waals surface area contributed by atoms with Crippen LogP contribution in [0.1, 0.15) is 31.4 Å². The van der Waals surface area contributed by atoms with Crippen LogP contribution in [0.2, 0.25) is 0 Å². The highest BCUT2D eigenvalue weighted by Gasteiger charge is 2.11. The molecule has 1 unspecified atom stereocenters. The molecule has 0 spiro atoms. The highest BCUT2D eigenvalue weighted by Crippen LogP contribution is 2.17. The molecule has 2 heteroatoms. The molecule has 0 amide bonds. The molecule has 0 N–H and O–H groups in total. The molecule has 0 saturated carbocycles. The number of hydrogen-bond donors (Lipinski definition) is 0. The Labute approximate surface area is 126 Å². The molecule has 0 aliphatic rings. The molecule has 0 heterocycles. The van der Waals surface area contributed by atoms with Crippen molar-refractivity contribution in [2.45, 2.75) is 33.3 Å². The number of Topliss-reactive ketones (excluding diaryl/α,β-unsaturated/α-hetero) is 1. The van der Waals surface area contributed by atoms with Gasteiger partial charge in [0.2, 0.25) is 0 Å². The van der Waals surface area contributed by atoms with Crippen molar-refractivity contribution < 1.29 is 9.53 Å². The van der Waals surface area contributed by atoms with Gasteiger partial charge in [0.05, 0.1) is 0 Å². The fourth-order valence-electron chi connectivity index (χ4n) is 2.28. The van der Waals surface area contributed by atoms with Gasteiger partial charge < -0.3 is 4.74 Å². The number of carbonyl (C=O) groups excluding carboxylic acids is 1. The SMILES string of the molecule is CCC(=O)C(C)Cc1ccc(OCc2ccccc2)cc1. The first-order chi connectivity index (χ1) is 10.2. The summed E-state index contributed by atoms with van der Waals surface area (Å²) in [6.45, 7) is 4.48. The third-order valence-electron chi connectivity index (χ3n) is 3.61. The van der Waals surface area contributed by atoms with Crippen LogP contribution in [-0.2, 0) is 17.8 Å². The number of carbonyl (C=O) groups is 1. The van der Waals surface area contributed by atoms with Gasteiger partial charge in [-0.1, -0.05) is 56.3 Å². The maximum absolute atomic E-state index is 11.6. The van der Waals surface area contributed by atoms with Gasteiger partial charge in [-0.25, -0.2) is 0 Å². The summed E-state index contributed by atoms with van der Waals surface area (Å²) in [5.74, 6) is 1.27. The maximum atomic E-state index is 11.6. The monoisotopic (exact) mass is 282 g/mol. The van der Waals surface area contributed by atoms with Crippen LogP contribution >= 0.6 is 0 Å². The fourth-order valence-corrected chi connectivity index (χ4v) is 2.28. The predicted octanol–water partition coefficient (Wildman–Crippen LogP) is 4.42. The zero-order chi connectivity index (χ0) is 15.1. The van der Waals surface area contributed by atoms with Crippen LogP contribution in [0.4, 0.5) is 0 Å². The highest BCUT2D eigenvalue weighted by molar-refractivity contribution is 5.80. The predicted molar refractivity (Wildman–Crippen MR) is 85.4 cm³/mol. The molecule has 0 saturated heterocycles. The van der Waals surface area contributed by atoms with Gasteiger partial charge in [0.25, 0.3) is 0 Å². The number of hydrogen-bond acceptors (Lipinski definition) is 2. The lowest BCUT2D eigenvalue weighted by Gasteiger charge is -2.10. The summed E-state index contributed by atoms with van der Waals surface area (Å²) in [6, 6.07) is 18.1. The van der Waals surface area contributed by atoms with E-state index in [0.717, 1.165) is 17.7 Å². The second-order valence-electron chi connectivity index (χ2n) is 5.34. The molecule has 0 bridgehead atoms. The lowest BCUT2D eigenvalue weighted by Crippen LogP contribution is -2.12. The van der Waals surface area contributed by atoms with Crippen molar-refractivity contribution in [1.82, 2.24) is 0 Å². The molecule has 0 radical (unpaired) electrons. The average molecular weight is 282 g/mol. The number of ether oxygens (including phenoxy) is 1. The lowest BCUT2D eigenvalue weighted by atomic mass is 9.96. The van der Waals surface area contributed by atoms with Crippen LogP contribution in [0.25, 0.3) is 0 Å². The normalized spacial score (nSPS) is 11.9. The first-order valence-electron chi connectivity index (χ1n) is 7.47. The van der Waals surface area contributed by atoms with Crippen LogP contribution in [0, 0.1) is 5.92 Å². The molecule has 21 heavy (non-hydrogen) atoms. The highest BCUT2D eigenvalue weighted by atomic mass is 16.5. The van der Waals surface area contributed by atoms with Gasteiger partial charge in [-0.2, -0.15) is 0 Å². The molecular formula is C19H22O2. The second-order valence-corrected chi connectivity index (χ2v) is 5.34.